The molecule has 0 amide bonds. The second-order valence-electron chi connectivity index (χ2n) is 15.4. The van der Waals surface area contributed by atoms with Gasteiger partial charge in [0, 0.05) is 17.7 Å². The molecule has 7 aromatic carbocycles. The van der Waals surface area contributed by atoms with Crippen LogP contribution in [0, 0.1) is 6.92 Å². The molecule has 8 rings (SSSR count). The van der Waals surface area contributed by atoms with Crippen molar-refractivity contribution < 1.29 is 80.2 Å². The average molecular weight is 1140 g/mol. The van der Waals surface area contributed by atoms with Crippen LogP contribution in [0.4, 0.5) is 45.5 Å². The lowest BCUT2D eigenvalue weighted by molar-refractivity contribution is 0.451. The van der Waals surface area contributed by atoms with E-state index in [-0.39, 0.29) is 21.9 Å². The van der Waals surface area contributed by atoms with Crippen LogP contribution in [-0.4, -0.2) is 85.2 Å². The Morgan fingerprint density at radius 2 is 0.973 bits per heavy atom. The highest BCUT2D eigenvalue weighted by Gasteiger charge is 2.27. The molecule has 27 nitrogen and oxygen atoms in total. The summed E-state index contributed by atoms with van der Waals surface area (Å²) in [5.74, 6) is -2.73. The summed E-state index contributed by atoms with van der Waals surface area (Å²) in [7, 11) is -25.2. The number of nitrogens with zero attached hydrogens (tertiary/aromatic N) is 9. The molecule has 0 aliphatic rings. The van der Waals surface area contributed by atoms with E-state index in [1.54, 1.807) is 6.07 Å². The predicted octanol–water partition coefficient (Wildman–Crippen LogP) is 10.4. The molecule has 8 N–H and O–H groups in total. The molecule has 0 aliphatic heterocycles. The van der Waals surface area contributed by atoms with Crippen LogP contribution in [-0.2, 0) is 50.6 Å². The highest BCUT2D eigenvalue weighted by Crippen LogP contribution is 2.48. The number of hydrogen-bond donors (Lipinski definition) is 8. The molecule has 0 saturated heterocycles. The minimum atomic E-state index is -5.43. The molecule has 0 unspecified atom stereocenters. The summed E-state index contributed by atoms with van der Waals surface area (Å²) in [5.41, 5.74) is -2.42. The van der Waals surface area contributed by atoms with Gasteiger partial charge in [-0.15, -0.1) is 36.9 Å². The van der Waals surface area contributed by atoms with Crippen LogP contribution in [0.3, 0.4) is 0 Å². The maximum atomic E-state index is 12.7. The van der Waals surface area contributed by atoms with Gasteiger partial charge < -0.3 is 15.3 Å². The third-order valence-corrected chi connectivity index (χ3v) is 15.6. The Bertz CT molecular complexity index is 4440. The number of aromatic hydroxyl groups is 3. The van der Waals surface area contributed by atoms with E-state index >= 15 is 0 Å². The number of fused-ring (bicyclic) bond motifs is 2. The summed E-state index contributed by atoms with van der Waals surface area (Å²) in [6, 6.07) is 19.3. The van der Waals surface area contributed by atoms with Gasteiger partial charge in [0.2, 0.25) is 0 Å². The van der Waals surface area contributed by atoms with Gasteiger partial charge in [-0.05, 0) is 109 Å². The lowest BCUT2D eigenvalue weighted by Crippen LogP contribution is -2.01. The van der Waals surface area contributed by atoms with Crippen molar-refractivity contribution in [2.45, 2.75) is 31.4 Å². The first-order chi connectivity index (χ1) is 34.9. The van der Waals surface area contributed by atoms with Gasteiger partial charge in [-0.3, -0.25) is 22.8 Å². The van der Waals surface area contributed by atoms with Gasteiger partial charge in [-0.25, -0.2) is 4.98 Å². The van der Waals surface area contributed by atoms with Crippen molar-refractivity contribution in [2.24, 2.45) is 40.9 Å². The van der Waals surface area contributed by atoms with Gasteiger partial charge in [0.25, 0.3) is 50.6 Å². The number of aromatic nitrogens is 1. The van der Waals surface area contributed by atoms with Gasteiger partial charge in [0.15, 0.2) is 5.75 Å². The summed E-state index contributed by atoms with van der Waals surface area (Å²) >= 11 is 1.17. The first kappa shape index (κ1) is 53.3. The van der Waals surface area contributed by atoms with Crippen LogP contribution >= 0.6 is 11.3 Å². The minimum Gasteiger partial charge on any atom is -0.505 e. The first-order valence-corrected chi connectivity index (χ1v) is 28.2. The normalized spacial score (nSPS) is 13.1. The highest BCUT2D eigenvalue weighted by atomic mass is 32.2. The smallest absolute Gasteiger partial charge is 0.296 e. The fourth-order valence-corrected chi connectivity index (χ4v) is 11.0. The van der Waals surface area contributed by atoms with Crippen molar-refractivity contribution >= 4 is 128 Å². The van der Waals surface area contributed by atoms with Crippen LogP contribution in [0.2, 0.25) is 0 Å². The second-order valence-corrected chi connectivity index (χ2v) is 23.5. The number of thiazole rings is 1. The molecule has 1 heterocycles. The number of hydrogen-bond acceptors (Lipinski definition) is 23. The lowest BCUT2D eigenvalue weighted by atomic mass is 10.1. The Labute approximate surface area is 426 Å². The monoisotopic (exact) mass is 1140 g/mol. The zero-order valence-corrected chi connectivity index (χ0v) is 41.9. The van der Waals surface area contributed by atoms with Crippen molar-refractivity contribution in [3.63, 3.8) is 0 Å². The van der Waals surface area contributed by atoms with Crippen LogP contribution in [0.15, 0.2) is 175 Å². The maximum absolute atomic E-state index is 12.7. The Morgan fingerprint density at radius 1 is 0.440 bits per heavy atom. The van der Waals surface area contributed by atoms with Crippen LogP contribution in [0.25, 0.3) is 31.6 Å². The molecule has 33 heteroatoms. The highest BCUT2D eigenvalue weighted by molar-refractivity contribution is 7.87. The molecule has 0 aliphatic carbocycles. The minimum absolute atomic E-state index is 0.0397. The molecule has 0 fully saturated rings. The molecule has 0 atom stereocenters. The molecule has 75 heavy (non-hydrogen) atoms. The van der Waals surface area contributed by atoms with E-state index in [0.717, 1.165) is 64.9 Å². The van der Waals surface area contributed by atoms with Gasteiger partial charge in [-0.2, -0.15) is 57.4 Å². The van der Waals surface area contributed by atoms with E-state index in [9.17, 15) is 80.2 Å². The van der Waals surface area contributed by atoms with Crippen molar-refractivity contribution in [1.29, 1.82) is 0 Å². The Kier molecular flexibility index (Phi) is 14.0. The number of benzene rings is 7. The number of phenolic OH excluding ortho intramolecular Hbond substituents is 3. The fourth-order valence-electron chi connectivity index (χ4n) is 6.76. The van der Waals surface area contributed by atoms with Crippen LogP contribution < -0.4 is 0 Å². The van der Waals surface area contributed by atoms with Gasteiger partial charge in [-0.1, -0.05) is 6.07 Å². The van der Waals surface area contributed by atoms with E-state index in [2.05, 4.69) is 45.9 Å². The standard InChI is InChI=1S/C42H29N9O18S6/c1-20-2-10-28-35(12-20)70-42(43-28)27-9-5-23(15-36(27)73(61,62)63)45-48-30-18-31(34(53)19-33(30)52)49-50-32-17-26(72(58,59)60)13-21-14-38(75(67,68)69)40(41(54)39(21)32)51-46-24-6-11-29(37(16-24)74(64,65)66)47-44-22-3-7-25(8-4-22)71(55,56)57/h2-19,52-54H,1H3,(H,55,56,57)(H,58,59,60)(H,61,62,63)(H,64,65,66)(H,67,68,69). The maximum Gasteiger partial charge on any atom is 0.296 e. The van der Waals surface area contributed by atoms with Gasteiger partial charge >= 0.3 is 0 Å². The molecule has 0 spiro atoms. The summed E-state index contributed by atoms with van der Waals surface area (Å²) in [6.07, 6.45) is 0. The zero-order valence-electron chi connectivity index (χ0n) is 37.0. The summed E-state index contributed by atoms with van der Waals surface area (Å²) in [4.78, 5) is 0.245. The van der Waals surface area contributed by atoms with E-state index in [4.69, 9.17) is 0 Å². The lowest BCUT2D eigenvalue weighted by Gasteiger charge is -2.12. The molecule has 0 bridgehead atoms. The third-order valence-electron chi connectivity index (χ3n) is 10.2. The Morgan fingerprint density at radius 3 is 1.59 bits per heavy atom. The van der Waals surface area contributed by atoms with E-state index in [1.165, 1.54) is 23.5 Å². The molecule has 1 aromatic heterocycles. The number of aryl methyl sites for hydroxylation is 1. The van der Waals surface area contributed by atoms with E-state index in [1.807, 2.05) is 19.1 Å². The summed E-state index contributed by atoms with van der Waals surface area (Å²) in [5, 5.41) is 62.6. The van der Waals surface area contributed by atoms with Crippen LogP contribution in [0.1, 0.15) is 5.56 Å². The van der Waals surface area contributed by atoms with Crippen molar-refractivity contribution in [3.05, 3.63) is 115 Å². The second kappa shape index (κ2) is 19.7. The van der Waals surface area contributed by atoms with Crippen molar-refractivity contribution in [3.8, 4) is 27.8 Å². The van der Waals surface area contributed by atoms with Gasteiger partial charge in [0.05, 0.1) is 48.1 Å². The van der Waals surface area contributed by atoms with E-state index in [0.29, 0.717) is 29.8 Å². The summed E-state index contributed by atoms with van der Waals surface area (Å²) in [6.45, 7) is 1.86. The topological polar surface area (TPSA) is 444 Å². The molecule has 8 aromatic rings. The average Bonchev–Trinajstić information content (AvgIpc) is 3.74. The third kappa shape index (κ3) is 11.9. The fraction of sp³-hybridized carbons (Fsp3) is 0.0238. The van der Waals surface area contributed by atoms with Gasteiger partial charge in [0.1, 0.15) is 53.9 Å². The van der Waals surface area contributed by atoms with E-state index < -0.39 is 137 Å². The Balaban J connectivity index is 1.17. The Hall–Kier alpha value is -7.96. The quantitative estimate of drug-likeness (QED) is 0.0370. The molecule has 0 radical (unpaired) electrons. The largest absolute Gasteiger partial charge is 0.505 e. The molecular formula is C42H29N9O18S6. The van der Waals surface area contributed by atoms with Crippen molar-refractivity contribution in [2.75, 3.05) is 0 Å². The SMILES string of the molecule is Cc1ccc2nc(-c3ccc(N=Nc4cc(N=Nc5cc(S(=O)(=O)O)cc6cc(S(=O)(=O)O)c(N=Nc7ccc(N=Nc8ccc(S(=O)(=O)O)cc8)c(S(=O)(=O)O)c7)c(O)c56)c(O)cc4O)cc3S(=O)(=O)O)sc2c1. The van der Waals surface area contributed by atoms with Crippen LogP contribution in [0.5, 0.6) is 17.2 Å². The molecule has 386 valence electrons. The number of rotatable bonds is 14. The summed E-state index contributed by atoms with van der Waals surface area (Å²) < 4.78 is 173. The molecular weight excluding hydrogens is 1110 g/mol. The van der Waals surface area contributed by atoms with Crippen molar-refractivity contribution in [1.82, 2.24) is 4.98 Å². The first-order valence-electron chi connectivity index (χ1n) is 20.1. The number of phenols is 3. The predicted molar refractivity (Wildman–Crippen MR) is 264 cm³/mol. The zero-order chi connectivity index (χ0) is 54.6. The number of azo groups is 4. The molecule has 0 saturated carbocycles.